The molecule has 0 aromatic heterocycles. The first kappa shape index (κ1) is 21.6. The van der Waals surface area contributed by atoms with Crippen LogP contribution >= 0.6 is 0 Å². The normalized spacial score (nSPS) is 24.3. The molecule has 5 heteroatoms. The molecule has 1 N–H and O–H groups in total. The number of hydrogen-bond donors (Lipinski definition) is 1. The topological polar surface area (TPSA) is 64.6 Å². The number of rotatable bonds is 4. The number of amides is 1. The predicted molar refractivity (Wildman–Crippen MR) is 124 cm³/mol. The van der Waals surface area contributed by atoms with Crippen molar-refractivity contribution in [1.29, 1.82) is 0 Å². The molecule has 1 heterocycles. The van der Waals surface area contributed by atoms with Crippen LogP contribution in [-0.4, -0.2) is 18.0 Å². The second-order valence-electron chi connectivity index (χ2n) is 8.22. The van der Waals surface area contributed by atoms with E-state index in [-0.39, 0.29) is 23.9 Å². The molecule has 5 nitrogen and oxygen atoms in total. The van der Waals surface area contributed by atoms with Crippen LogP contribution in [0.15, 0.2) is 90.0 Å². The zero-order chi connectivity index (χ0) is 22.5. The molecule has 1 saturated heterocycles. The molecule has 0 radical (unpaired) electrons. The summed E-state index contributed by atoms with van der Waals surface area (Å²) in [6.07, 6.45) is 6.53. The number of nitrogens with one attached hydrogen (secondary N) is 1. The number of hydrogen-bond acceptors (Lipinski definition) is 4. The standard InChI is InChI=1S/C27H27NO4/c1-18-7-6-8-20(11-16-24-19(2)27(30)32-25(24)17-18)26(29)28-21-12-14-23(15-13-21)31-22-9-4-3-5-10-22/h3-5,8-10,12-15,17,24-25H,2,6-7,11,16H2,1H3,(H,28,29)/b18-17+,20-8+/t24-,25+/m0/s1. The van der Waals surface area contributed by atoms with E-state index in [2.05, 4.69) is 11.9 Å². The van der Waals surface area contributed by atoms with Crippen LogP contribution in [0.2, 0.25) is 0 Å². The molecule has 4 rings (SSSR count). The minimum Gasteiger partial charge on any atom is -0.457 e. The van der Waals surface area contributed by atoms with Crippen LogP contribution in [0, 0.1) is 5.92 Å². The molecule has 1 amide bonds. The third kappa shape index (κ3) is 5.17. The van der Waals surface area contributed by atoms with Crippen LogP contribution in [0.1, 0.15) is 32.6 Å². The summed E-state index contributed by atoms with van der Waals surface area (Å²) in [4.78, 5) is 25.0. The third-order valence-electron chi connectivity index (χ3n) is 5.84. The van der Waals surface area contributed by atoms with E-state index in [0.717, 1.165) is 29.7 Å². The van der Waals surface area contributed by atoms with Crippen molar-refractivity contribution in [3.63, 3.8) is 0 Å². The average Bonchev–Trinajstić information content (AvgIpc) is 3.05. The van der Waals surface area contributed by atoms with Crippen LogP contribution in [0.3, 0.4) is 0 Å². The largest absolute Gasteiger partial charge is 0.457 e. The van der Waals surface area contributed by atoms with Gasteiger partial charge in [-0.1, -0.05) is 36.4 Å². The summed E-state index contributed by atoms with van der Waals surface area (Å²) >= 11 is 0. The van der Waals surface area contributed by atoms with Gasteiger partial charge in [-0.2, -0.15) is 0 Å². The van der Waals surface area contributed by atoms with E-state index in [4.69, 9.17) is 9.47 Å². The molecule has 0 saturated carbocycles. The first-order valence-electron chi connectivity index (χ1n) is 10.9. The molecule has 1 fully saturated rings. The molecular weight excluding hydrogens is 402 g/mol. The van der Waals surface area contributed by atoms with Crippen molar-refractivity contribution in [1.82, 2.24) is 0 Å². The average molecular weight is 430 g/mol. The van der Waals surface area contributed by atoms with Crippen molar-refractivity contribution in [2.24, 2.45) is 5.92 Å². The monoisotopic (exact) mass is 429 g/mol. The molecule has 1 aliphatic heterocycles. The fourth-order valence-electron chi connectivity index (χ4n) is 4.02. The van der Waals surface area contributed by atoms with Crippen molar-refractivity contribution < 1.29 is 19.1 Å². The fourth-order valence-corrected chi connectivity index (χ4v) is 4.02. The maximum Gasteiger partial charge on any atom is 0.334 e. The lowest BCUT2D eigenvalue weighted by Crippen LogP contribution is -2.19. The number of fused-ring (bicyclic) bond motifs is 1. The van der Waals surface area contributed by atoms with Gasteiger partial charge >= 0.3 is 5.97 Å². The Hall–Kier alpha value is -3.60. The van der Waals surface area contributed by atoms with E-state index in [1.54, 1.807) is 0 Å². The molecule has 0 bridgehead atoms. The lowest BCUT2D eigenvalue weighted by molar-refractivity contribution is -0.137. The van der Waals surface area contributed by atoms with E-state index in [1.807, 2.05) is 73.7 Å². The van der Waals surface area contributed by atoms with E-state index in [0.29, 0.717) is 29.9 Å². The molecule has 2 aliphatic rings. The Labute approximate surface area is 188 Å². The lowest BCUT2D eigenvalue weighted by Gasteiger charge is -2.18. The highest BCUT2D eigenvalue weighted by Gasteiger charge is 2.37. The van der Waals surface area contributed by atoms with E-state index in [9.17, 15) is 9.59 Å². The Morgan fingerprint density at radius 2 is 1.78 bits per heavy atom. The first-order chi connectivity index (χ1) is 15.5. The smallest absolute Gasteiger partial charge is 0.334 e. The molecule has 32 heavy (non-hydrogen) atoms. The van der Waals surface area contributed by atoms with Crippen LogP contribution in [0.5, 0.6) is 11.5 Å². The number of ether oxygens (including phenoxy) is 2. The van der Waals surface area contributed by atoms with Gasteiger partial charge in [0, 0.05) is 22.8 Å². The summed E-state index contributed by atoms with van der Waals surface area (Å²) in [7, 11) is 0. The highest BCUT2D eigenvalue weighted by molar-refractivity contribution is 6.03. The van der Waals surface area contributed by atoms with Gasteiger partial charge in [0.25, 0.3) is 5.91 Å². The second kappa shape index (κ2) is 9.69. The lowest BCUT2D eigenvalue weighted by atomic mass is 9.87. The molecular formula is C27H27NO4. The summed E-state index contributed by atoms with van der Waals surface area (Å²) in [5.41, 5.74) is 3.06. The zero-order valence-corrected chi connectivity index (χ0v) is 18.2. The van der Waals surface area contributed by atoms with E-state index >= 15 is 0 Å². The molecule has 1 aliphatic carbocycles. The summed E-state index contributed by atoms with van der Waals surface area (Å²) in [6.45, 7) is 5.94. The zero-order valence-electron chi connectivity index (χ0n) is 18.2. The van der Waals surface area contributed by atoms with E-state index < -0.39 is 0 Å². The highest BCUT2D eigenvalue weighted by Crippen LogP contribution is 2.34. The van der Waals surface area contributed by atoms with Crippen molar-refractivity contribution >= 4 is 17.6 Å². The quantitative estimate of drug-likeness (QED) is 0.370. The fraction of sp³-hybridized carbons (Fsp3) is 0.259. The number of allylic oxidation sites excluding steroid dienone is 2. The Kier molecular flexibility index (Phi) is 6.55. The number of para-hydroxylation sites is 1. The van der Waals surface area contributed by atoms with Crippen molar-refractivity contribution in [2.45, 2.75) is 38.7 Å². The number of anilines is 1. The Morgan fingerprint density at radius 3 is 2.53 bits per heavy atom. The molecule has 2 aromatic rings. The summed E-state index contributed by atoms with van der Waals surface area (Å²) in [5, 5.41) is 2.98. The first-order valence-corrected chi connectivity index (χ1v) is 10.9. The summed E-state index contributed by atoms with van der Waals surface area (Å²) in [6, 6.07) is 16.9. The number of esters is 1. The van der Waals surface area contributed by atoms with Crippen LogP contribution < -0.4 is 10.1 Å². The second-order valence-corrected chi connectivity index (χ2v) is 8.22. The highest BCUT2D eigenvalue weighted by atomic mass is 16.6. The summed E-state index contributed by atoms with van der Waals surface area (Å²) in [5.74, 6) is 0.896. The molecule has 2 aromatic carbocycles. The minimum absolute atomic E-state index is 0.0961. The van der Waals surface area contributed by atoms with Gasteiger partial charge in [0.2, 0.25) is 0 Å². The summed E-state index contributed by atoms with van der Waals surface area (Å²) < 4.78 is 11.3. The Bertz CT molecular complexity index is 1070. The van der Waals surface area contributed by atoms with Gasteiger partial charge in [0.1, 0.15) is 17.6 Å². The van der Waals surface area contributed by atoms with Gasteiger partial charge < -0.3 is 14.8 Å². The van der Waals surface area contributed by atoms with Crippen molar-refractivity contribution in [3.8, 4) is 11.5 Å². The van der Waals surface area contributed by atoms with Crippen LogP contribution in [0.4, 0.5) is 5.69 Å². The van der Waals surface area contributed by atoms with Gasteiger partial charge in [-0.3, -0.25) is 4.79 Å². The van der Waals surface area contributed by atoms with Gasteiger partial charge in [0.05, 0.1) is 0 Å². The van der Waals surface area contributed by atoms with Gasteiger partial charge in [-0.25, -0.2) is 4.79 Å². The van der Waals surface area contributed by atoms with Crippen molar-refractivity contribution in [2.75, 3.05) is 5.32 Å². The number of benzene rings is 2. The Morgan fingerprint density at radius 1 is 1.06 bits per heavy atom. The molecule has 0 spiro atoms. The van der Waals surface area contributed by atoms with Gasteiger partial charge in [-0.15, -0.1) is 0 Å². The van der Waals surface area contributed by atoms with E-state index in [1.165, 1.54) is 0 Å². The predicted octanol–water partition coefficient (Wildman–Crippen LogP) is 5.96. The third-order valence-corrected chi connectivity index (χ3v) is 5.84. The van der Waals surface area contributed by atoms with Gasteiger partial charge in [0.15, 0.2) is 0 Å². The molecule has 164 valence electrons. The Balaban J connectivity index is 1.42. The van der Waals surface area contributed by atoms with Crippen molar-refractivity contribution in [3.05, 3.63) is 90.0 Å². The minimum atomic E-state index is -0.337. The maximum absolute atomic E-state index is 13.0. The molecule has 0 unspecified atom stereocenters. The van der Waals surface area contributed by atoms with Gasteiger partial charge in [-0.05, 0) is 75.1 Å². The maximum atomic E-state index is 13.0. The van der Waals surface area contributed by atoms with Crippen LogP contribution in [0.25, 0.3) is 0 Å². The van der Waals surface area contributed by atoms with Crippen LogP contribution in [-0.2, 0) is 14.3 Å². The number of carbonyl (C=O) groups excluding carboxylic acids is 2. The number of carbonyl (C=O) groups is 2. The molecule has 2 atom stereocenters. The SMILES string of the molecule is C=C1C(=O)O[C@@H]2/C=C(\C)CC/C=C(/C(=O)Nc3ccc(Oc4ccccc4)cc3)CC[C@@H]12.